The van der Waals surface area contributed by atoms with Crippen molar-refractivity contribution in [3.05, 3.63) is 43.8 Å². The van der Waals surface area contributed by atoms with Crippen LogP contribution in [-0.4, -0.2) is 35.9 Å². The molecule has 2 N–H and O–H groups in total. The number of amides is 2. The molecule has 0 aliphatic heterocycles. The minimum Gasteiger partial charge on any atom is -0.360 e. The monoisotopic (exact) mass is 457 g/mol. The Bertz CT molecular complexity index is 1250. The number of terminal acetylenes is 1. The third kappa shape index (κ3) is 5.54. The number of carbonyl (C=O) groups excluding carboxylic acids is 2. The quantitative estimate of drug-likeness (QED) is 0.462. The number of anilines is 2. The summed E-state index contributed by atoms with van der Waals surface area (Å²) < 4.78 is 1.92. The molecule has 2 rings (SSSR count). The second kappa shape index (κ2) is 11.0. The molecule has 0 unspecified atom stereocenters. The standard InChI is InChI=1S/C21H20ClN5O3S/c1-4-9-24-19(29)16(12-23)21-27(5-2)20(30)17(31-21)13-25-14-7-6-8-15(10-14)26(3)18(28)11-22/h1,6-8,10,13,25H,5,9,11H2,2-3H3,(H,24,29)/b17-13+,21-16-. The summed E-state index contributed by atoms with van der Waals surface area (Å²) in [5.74, 6) is 1.24. The summed E-state index contributed by atoms with van der Waals surface area (Å²) in [5, 5.41) is 14.9. The molecule has 0 aliphatic rings. The first-order chi connectivity index (χ1) is 14.9. The molecule has 0 fully saturated rings. The number of nitriles is 1. The second-order valence-electron chi connectivity index (χ2n) is 6.12. The SMILES string of the molecule is C#CCNC(=O)/C(C#N)=c1\s/c(=C/Nc2cccc(N(C)C(=O)CCl)c2)c(=O)n1CC. The molecule has 0 aliphatic carbocycles. The first-order valence-corrected chi connectivity index (χ1v) is 10.5. The summed E-state index contributed by atoms with van der Waals surface area (Å²) in [7, 11) is 1.61. The van der Waals surface area contributed by atoms with Crippen LogP contribution in [0.5, 0.6) is 0 Å². The number of hydrogen-bond acceptors (Lipinski definition) is 6. The highest BCUT2D eigenvalue weighted by atomic mass is 35.5. The molecule has 0 bridgehead atoms. The smallest absolute Gasteiger partial charge is 0.270 e. The lowest BCUT2D eigenvalue weighted by Crippen LogP contribution is -2.34. The highest BCUT2D eigenvalue weighted by Gasteiger charge is 2.15. The predicted molar refractivity (Wildman–Crippen MR) is 123 cm³/mol. The van der Waals surface area contributed by atoms with Crippen molar-refractivity contribution in [1.29, 1.82) is 5.26 Å². The highest BCUT2D eigenvalue weighted by molar-refractivity contribution is 7.07. The zero-order valence-electron chi connectivity index (χ0n) is 16.9. The highest BCUT2D eigenvalue weighted by Crippen LogP contribution is 2.18. The summed E-state index contributed by atoms with van der Waals surface area (Å²) in [4.78, 5) is 38.2. The Morgan fingerprint density at radius 3 is 2.77 bits per heavy atom. The number of carbonyl (C=O) groups is 2. The molecule has 10 heteroatoms. The summed E-state index contributed by atoms with van der Waals surface area (Å²) in [6, 6.07) is 8.87. The number of thiazole rings is 1. The number of benzene rings is 1. The van der Waals surface area contributed by atoms with Gasteiger partial charge in [0.15, 0.2) is 5.57 Å². The fourth-order valence-corrected chi connectivity index (χ4v) is 3.86. The Balaban J connectivity index is 2.48. The third-order valence-electron chi connectivity index (χ3n) is 4.22. The van der Waals surface area contributed by atoms with Crippen molar-refractivity contribution < 1.29 is 9.59 Å². The second-order valence-corrected chi connectivity index (χ2v) is 7.42. The van der Waals surface area contributed by atoms with Crippen molar-refractivity contribution in [3.8, 4) is 18.4 Å². The van der Waals surface area contributed by atoms with E-state index in [0.717, 1.165) is 11.3 Å². The number of hydrogen-bond donors (Lipinski definition) is 2. The van der Waals surface area contributed by atoms with Gasteiger partial charge in [0.2, 0.25) is 5.91 Å². The summed E-state index contributed by atoms with van der Waals surface area (Å²) in [6.07, 6.45) is 6.64. The van der Waals surface area contributed by atoms with E-state index in [4.69, 9.17) is 18.0 Å². The molecule has 2 amide bonds. The molecule has 8 nitrogen and oxygen atoms in total. The van der Waals surface area contributed by atoms with E-state index in [1.807, 2.05) is 6.07 Å². The minimum atomic E-state index is -0.636. The van der Waals surface area contributed by atoms with E-state index in [1.165, 1.54) is 15.7 Å². The van der Waals surface area contributed by atoms with E-state index < -0.39 is 5.91 Å². The van der Waals surface area contributed by atoms with E-state index in [-0.39, 0.29) is 40.7 Å². The Kier molecular flexibility index (Phi) is 8.44. The maximum Gasteiger partial charge on any atom is 0.270 e. The fourth-order valence-electron chi connectivity index (χ4n) is 2.59. The molecule has 1 aromatic heterocycles. The molecule has 160 valence electrons. The van der Waals surface area contributed by atoms with Gasteiger partial charge in [0.25, 0.3) is 11.5 Å². The van der Waals surface area contributed by atoms with Crippen LogP contribution < -0.4 is 30.3 Å². The Morgan fingerprint density at radius 2 is 2.16 bits per heavy atom. The van der Waals surface area contributed by atoms with Crippen molar-refractivity contribution in [1.82, 2.24) is 9.88 Å². The van der Waals surface area contributed by atoms with Gasteiger partial charge in [-0.1, -0.05) is 12.0 Å². The number of halogens is 1. The lowest BCUT2D eigenvalue weighted by Gasteiger charge is -2.16. The van der Waals surface area contributed by atoms with E-state index >= 15 is 0 Å². The number of nitrogens with one attached hydrogen (secondary N) is 2. The zero-order valence-corrected chi connectivity index (χ0v) is 18.5. The van der Waals surface area contributed by atoms with Crippen LogP contribution in [0.25, 0.3) is 11.8 Å². The average molecular weight is 458 g/mol. The van der Waals surface area contributed by atoms with Gasteiger partial charge in [0.1, 0.15) is 21.1 Å². The van der Waals surface area contributed by atoms with E-state index in [9.17, 15) is 19.6 Å². The van der Waals surface area contributed by atoms with E-state index in [1.54, 1.807) is 38.2 Å². The van der Waals surface area contributed by atoms with Gasteiger partial charge in [-0.15, -0.1) is 29.4 Å². The van der Waals surface area contributed by atoms with Crippen molar-refractivity contribution in [2.45, 2.75) is 13.5 Å². The Morgan fingerprint density at radius 1 is 1.42 bits per heavy atom. The topological polar surface area (TPSA) is 107 Å². The van der Waals surface area contributed by atoms with Crippen LogP contribution in [0.4, 0.5) is 11.4 Å². The van der Waals surface area contributed by atoms with Gasteiger partial charge < -0.3 is 15.5 Å². The Labute approximate surface area is 188 Å². The fraction of sp³-hybridized carbons (Fsp3) is 0.238. The first kappa shape index (κ1) is 23.7. The van der Waals surface area contributed by atoms with Crippen molar-refractivity contribution in [2.24, 2.45) is 0 Å². The number of nitrogens with zero attached hydrogens (tertiary/aromatic N) is 3. The van der Waals surface area contributed by atoms with E-state index in [2.05, 4.69) is 16.6 Å². The van der Waals surface area contributed by atoms with Crippen LogP contribution in [0.3, 0.4) is 0 Å². The molecule has 0 spiro atoms. The van der Waals surface area contributed by atoms with Crippen LogP contribution in [-0.2, 0) is 16.1 Å². The van der Waals surface area contributed by atoms with Gasteiger partial charge in [-0.05, 0) is 25.1 Å². The molecular weight excluding hydrogens is 438 g/mol. The van der Waals surface area contributed by atoms with Crippen LogP contribution >= 0.6 is 22.9 Å². The number of alkyl halides is 1. The first-order valence-electron chi connectivity index (χ1n) is 9.12. The largest absolute Gasteiger partial charge is 0.360 e. The van der Waals surface area contributed by atoms with Crippen molar-refractivity contribution >= 4 is 57.9 Å². The Hall–Kier alpha value is -3.53. The number of rotatable bonds is 7. The lowest BCUT2D eigenvalue weighted by molar-refractivity contribution is -0.116. The van der Waals surface area contributed by atoms with Gasteiger partial charge in [-0.3, -0.25) is 19.0 Å². The van der Waals surface area contributed by atoms with Crippen LogP contribution in [0.1, 0.15) is 6.92 Å². The van der Waals surface area contributed by atoms with Crippen molar-refractivity contribution in [2.75, 3.05) is 29.7 Å². The average Bonchev–Trinajstić information content (AvgIpc) is 3.10. The third-order valence-corrected chi connectivity index (χ3v) is 5.58. The molecule has 0 saturated heterocycles. The van der Waals surface area contributed by atoms with Crippen molar-refractivity contribution in [3.63, 3.8) is 0 Å². The maximum absolute atomic E-state index is 12.8. The van der Waals surface area contributed by atoms with Gasteiger partial charge in [-0.25, -0.2) is 0 Å². The van der Waals surface area contributed by atoms with Gasteiger partial charge in [0.05, 0.1) is 6.54 Å². The summed E-state index contributed by atoms with van der Waals surface area (Å²) in [5.41, 5.74) is 0.757. The molecule has 1 heterocycles. The molecule has 0 atom stereocenters. The molecule has 0 saturated carbocycles. The normalized spacial score (nSPS) is 11.8. The maximum atomic E-state index is 12.8. The predicted octanol–water partition coefficient (Wildman–Crippen LogP) is 0.405. The molecule has 31 heavy (non-hydrogen) atoms. The van der Waals surface area contributed by atoms with Crippen LogP contribution in [0.15, 0.2) is 29.1 Å². The summed E-state index contributed by atoms with van der Waals surface area (Å²) in [6.45, 7) is 2.01. The molecular formula is C21H20ClN5O3S. The van der Waals surface area contributed by atoms with E-state index in [0.29, 0.717) is 15.9 Å². The van der Waals surface area contributed by atoms with Gasteiger partial charge in [0, 0.05) is 31.2 Å². The zero-order chi connectivity index (χ0) is 23.0. The van der Waals surface area contributed by atoms with Gasteiger partial charge in [-0.2, -0.15) is 5.26 Å². The summed E-state index contributed by atoms with van der Waals surface area (Å²) >= 11 is 6.62. The number of aromatic nitrogens is 1. The van der Waals surface area contributed by atoms with Gasteiger partial charge >= 0.3 is 0 Å². The van der Waals surface area contributed by atoms with Crippen LogP contribution in [0.2, 0.25) is 0 Å². The minimum absolute atomic E-state index is 0.0245. The molecule has 2 aromatic rings. The van der Waals surface area contributed by atoms with Crippen LogP contribution in [0, 0.1) is 23.7 Å². The lowest BCUT2D eigenvalue weighted by atomic mass is 10.2. The molecule has 1 aromatic carbocycles. The molecule has 0 radical (unpaired) electrons.